The van der Waals surface area contributed by atoms with Crippen molar-refractivity contribution in [2.45, 2.75) is 6.42 Å². The second-order valence-corrected chi connectivity index (χ2v) is 3.60. The molecule has 0 aliphatic heterocycles. The van der Waals surface area contributed by atoms with Crippen molar-refractivity contribution < 1.29 is 4.52 Å². The topological polar surface area (TPSA) is 103 Å². The molecule has 0 atom stereocenters. The summed E-state index contributed by atoms with van der Waals surface area (Å²) in [6.45, 7) is 0.628. The Bertz CT molecular complexity index is 483. The van der Waals surface area contributed by atoms with Crippen LogP contribution in [0.25, 0.3) is 0 Å². The van der Waals surface area contributed by atoms with Crippen LogP contribution < -0.4 is 11.1 Å². The molecule has 8 heteroatoms. The quantitative estimate of drug-likeness (QED) is 0.723. The van der Waals surface area contributed by atoms with Crippen LogP contribution in [0.1, 0.15) is 11.6 Å². The molecule has 0 aliphatic rings. The van der Waals surface area contributed by atoms with Crippen LogP contribution in [0, 0.1) is 0 Å². The van der Waals surface area contributed by atoms with Gasteiger partial charge in [0.1, 0.15) is 16.5 Å². The van der Waals surface area contributed by atoms with E-state index >= 15 is 0 Å². The Hall–Kier alpha value is -2.09. The lowest BCUT2D eigenvalue weighted by Crippen LogP contribution is -2.13. The number of hydrogen-bond donors (Lipinski definition) is 2. The zero-order chi connectivity index (χ0) is 12.1. The number of aromatic nitrogens is 4. The van der Waals surface area contributed by atoms with Gasteiger partial charge in [-0.05, 0) is 0 Å². The van der Waals surface area contributed by atoms with E-state index in [1.807, 2.05) is 0 Å². The second-order valence-electron chi connectivity index (χ2n) is 3.16. The highest BCUT2D eigenvalue weighted by molar-refractivity contribution is 7.80. The van der Waals surface area contributed by atoms with Crippen molar-refractivity contribution in [2.24, 2.45) is 5.73 Å². The average Bonchev–Trinajstić information content (AvgIpc) is 2.83. The smallest absolute Gasteiger partial charge is 0.228 e. The molecule has 0 aromatic carbocycles. The molecule has 0 spiro atoms. The minimum Gasteiger partial charge on any atom is -0.388 e. The highest BCUT2D eigenvalue weighted by Crippen LogP contribution is 2.01. The Kier molecular flexibility index (Phi) is 3.55. The maximum Gasteiger partial charge on any atom is 0.228 e. The predicted octanol–water partition coefficient (Wildman–Crippen LogP) is 0.148. The fourth-order valence-electron chi connectivity index (χ4n) is 1.15. The summed E-state index contributed by atoms with van der Waals surface area (Å²) in [6.07, 6.45) is 5.09. The van der Waals surface area contributed by atoms with Crippen LogP contribution in [0.2, 0.25) is 0 Å². The van der Waals surface area contributed by atoms with E-state index in [9.17, 15) is 0 Å². The van der Waals surface area contributed by atoms with E-state index in [2.05, 4.69) is 25.4 Å². The van der Waals surface area contributed by atoms with Crippen molar-refractivity contribution in [2.75, 3.05) is 11.9 Å². The number of anilines is 1. The Morgan fingerprint density at radius 3 is 2.82 bits per heavy atom. The van der Waals surface area contributed by atoms with Gasteiger partial charge in [0.05, 0.1) is 12.4 Å². The molecule has 17 heavy (non-hydrogen) atoms. The van der Waals surface area contributed by atoms with Crippen molar-refractivity contribution >= 4 is 23.0 Å². The van der Waals surface area contributed by atoms with Gasteiger partial charge < -0.3 is 15.6 Å². The number of nitrogens with zero attached hydrogens (tertiary/aromatic N) is 4. The average molecular weight is 250 g/mol. The molecule has 0 fully saturated rings. The van der Waals surface area contributed by atoms with Gasteiger partial charge in [-0.2, -0.15) is 4.98 Å². The number of hydrogen-bond acceptors (Lipinski definition) is 7. The zero-order valence-corrected chi connectivity index (χ0v) is 9.65. The number of thiocarbonyl (C=S) groups is 1. The molecule has 7 nitrogen and oxygen atoms in total. The van der Waals surface area contributed by atoms with Gasteiger partial charge in [-0.25, -0.2) is 9.97 Å². The van der Waals surface area contributed by atoms with E-state index in [0.29, 0.717) is 30.4 Å². The van der Waals surface area contributed by atoms with Crippen molar-refractivity contribution in [3.05, 3.63) is 30.3 Å². The lowest BCUT2D eigenvalue weighted by Gasteiger charge is -2.03. The van der Waals surface area contributed by atoms with Gasteiger partial charge in [0.25, 0.3) is 0 Å². The van der Waals surface area contributed by atoms with Gasteiger partial charge in [-0.1, -0.05) is 17.4 Å². The van der Waals surface area contributed by atoms with E-state index in [1.165, 1.54) is 12.5 Å². The molecule has 0 saturated heterocycles. The highest BCUT2D eigenvalue weighted by atomic mass is 32.1. The van der Waals surface area contributed by atoms with Crippen LogP contribution in [-0.4, -0.2) is 31.6 Å². The molecule has 2 aromatic rings. The van der Waals surface area contributed by atoms with Crippen LogP contribution >= 0.6 is 12.2 Å². The summed E-state index contributed by atoms with van der Waals surface area (Å²) in [5, 5.41) is 6.57. The standard InChI is InChI=1S/C9H10N6OS/c10-9(17)6-3-13-7(4-12-6)11-2-1-8-14-5-15-16-8/h3-5H,1-2H2,(H2,10,17)(H,11,13). The van der Waals surface area contributed by atoms with Crippen molar-refractivity contribution in [1.82, 2.24) is 20.1 Å². The summed E-state index contributed by atoms with van der Waals surface area (Å²) in [6, 6.07) is 0. The first-order valence-electron chi connectivity index (χ1n) is 4.87. The maximum absolute atomic E-state index is 5.41. The van der Waals surface area contributed by atoms with Crippen LogP contribution in [0.3, 0.4) is 0 Å². The molecule has 2 aromatic heterocycles. The van der Waals surface area contributed by atoms with Crippen molar-refractivity contribution in [1.29, 1.82) is 0 Å². The van der Waals surface area contributed by atoms with E-state index in [1.54, 1.807) is 6.20 Å². The number of rotatable bonds is 5. The molecule has 2 heterocycles. The van der Waals surface area contributed by atoms with Crippen LogP contribution in [0.4, 0.5) is 5.82 Å². The van der Waals surface area contributed by atoms with E-state index in [0.717, 1.165) is 0 Å². The largest absolute Gasteiger partial charge is 0.388 e. The monoisotopic (exact) mass is 250 g/mol. The molecule has 2 rings (SSSR count). The maximum atomic E-state index is 5.41. The predicted molar refractivity (Wildman–Crippen MR) is 64.4 cm³/mol. The molecule has 0 amide bonds. The molecule has 0 radical (unpaired) electrons. The Morgan fingerprint density at radius 1 is 1.35 bits per heavy atom. The number of nitrogens with one attached hydrogen (secondary N) is 1. The molecule has 3 N–H and O–H groups in total. The van der Waals surface area contributed by atoms with Crippen LogP contribution in [0.15, 0.2) is 23.2 Å². The fourth-order valence-corrected chi connectivity index (χ4v) is 1.26. The summed E-state index contributed by atoms with van der Waals surface area (Å²) >= 11 is 4.77. The summed E-state index contributed by atoms with van der Waals surface area (Å²) in [4.78, 5) is 12.3. The van der Waals surface area contributed by atoms with Crippen LogP contribution in [-0.2, 0) is 6.42 Å². The van der Waals surface area contributed by atoms with Crippen LogP contribution in [0.5, 0.6) is 0 Å². The Labute approximate surface area is 102 Å². The van der Waals surface area contributed by atoms with Gasteiger partial charge in [-0.15, -0.1) is 0 Å². The first kappa shape index (κ1) is 11.4. The lowest BCUT2D eigenvalue weighted by atomic mass is 10.4. The Morgan fingerprint density at radius 2 is 2.24 bits per heavy atom. The molecule has 0 aliphatic carbocycles. The zero-order valence-electron chi connectivity index (χ0n) is 8.83. The molecule has 0 saturated carbocycles. The molecular formula is C9H10N6OS. The van der Waals surface area contributed by atoms with Gasteiger partial charge in [0.15, 0.2) is 6.33 Å². The number of nitrogens with two attached hydrogens (primary N) is 1. The molecule has 0 unspecified atom stereocenters. The summed E-state index contributed by atoms with van der Waals surface area (Å²) < 4.78 is 4.85. The third-order valence-corrected chi connectivity index (χ3v) is 2.17. The van der Waals surface area contributed by atoms with E-state index in [-0.39, 0.29) is 4.99 Å². The minimum atomic E-state index is 0.231. The summed E-state index contributed by atoms with van der Waals surface area (Å²) in [5.41, 5.74) is 5.91. The Balaban J connectivity index is 1.85. The van der Waals surface area contributed by atoms with Crippen molar-refractivity contribution in [3.63, 3.8) is 0 Å². The SMILES string of the molecule is NC(=S)c1cnc(NCCc2ncno2)cn1. The first-order chi connectivity index (χ1) is 8.25. The molecule has 88 valence electrons. The molecular weight excluding hydrogens is 240 g/mol. The van der Waals surface area contributed by atoms with Gasteiger partial charge in [0, 0.05) is 13.0 Å². The van der Waals surface area contributed by atoms with E-state index in [4.69, 9.17) is 22.5 Å². The first-order valence-corrected chi connectivity index (χ1v) is 5.28. The minimum absolute atomic E-state index is 0.231. The fraction of sp³-hybridized carbons (Fsp3) is 0.222. The highest BCUT2D eigenvalue weighted by Gasteiger charge is 2.01. The van der Waals surface area contributed by atoms with Crippen molar-refractivity contribution in [3.8, 4) is 0 Å². The third kappa shape index (κ3) is 3.18. The second kappa shape index (κ2) is 5.30. The third-order valence-electron chi connectivity index (χ3n) is 1.96. The summed E-state index contributed by atoms with van der Waals surface area (Å²) in [7, 11) is 0. The lowest BCUT2D eigenvalue weighted by molar-refractivity contribution is 0.379. The normalized spacial score (nSPS) is 10.1. The van der Waals surface area contributed by atoms with Gasteiger partial charge >= 0.3 is 0 Å². The summed E-state index contributed by atoms with van der Waals surface area (Å²) in [5.74, 6) is 1.22. The van der Waals surface area contributed by atoms with Gasteiger partial charge in [0.2, 0.25) is 5.89 Å². The van der Waals surface area contributed by atoms with Gasteiger partial charge in [-0.3, -0.25) is 0 Å². The molecule has 0 bridgehead atoms. The van der Waals surface area contributed by atoms with E-state index < -0.39 is 0 Å².